The van der Waals surface area contributed by atoms with Crippen LogP contribution in [0.5, 0.6) is 0 Å². The summed E-state index contributed by atoms with van der Waals surface area (Å²) in [4.78, 5) is 27.2. The van der Waals surface area contributed by atoms with Crippen LogP contribution in [-0.2, 0) is 22.6 Å². The number of carbonyl (C=O) groups excluding carboxylic acids is 2. The summed E-state index contributed by atoms with van der Waals surface area (Å²) in [6.07, 6.45) is 1.85. The third-order valence-electron chi connectivity index (χ3n) is 5.16. The highest BCUT2D eigenvalue weighted by Gasteiger charge is 2.35. The first-order chi connectivity index (χ1) is 14.0. The molecule has 6 N–H and O–H groups in total. The molecule has 1 saturated heterocycles. The third-order valence-corrected chi connectivity index (χ3v) is 5.16. The van der Waals surface area contributed by atoms with Crippen LogP contribution in [0.25, 0.3) is 0 Å². The third kappa shape index (κ3) is 5.20. The molecule has 0 unspecified atom stereocenters. The molecule has 0 spiro atoms. The molecule has 0 bridgehead atoms. The number of nitrogens with one attached hydrogen (secondary N) is 2. The number of carbonyl (C=O) groups is 2. The Bertz CT molecular complexity index is 884. The van der Waals surface area contributed by atoms with E-state index in [9.17, 15) is 9.59 Å². The SMILES string of the molecule is N=C(N)c1cccc(CNC(=O)[C@@H]2CCCN2C(=O)[C@H](N)Cc2ccccc2)c1. The van der Waals surface area contributed by atoms with Crippen LogP contribution in [0.4, 0.5) is 0 Å². The highest BCUT2D eigenvalue weighted by atomic mass is 16.2. The van der Waals surface area contributed by atoms with Gasteiger partial charge in [0.25, 0.3) is 0 Å². The van der Waals surface area contributed by atoms with Crippen molar-refractivity contribution in [1.29, 1.82) is 5.41 Å². The van der Waals surface area contributed by atoms with Crippen molar-refractivity contribution < 1.29 is 9.59 Å². The zero-order valence-corrected chi connectivity index (χ0v) is 16.3. The highest BCUT2D eigenvalue weighted by Crippen LogP contribution is 2.19. The predicted molar refractivity (Wildman–Crippen MR) is 112 cm³/mol. The number of amides is 2. The summed E-state index contributed by atoms with van der Waals surface area (Å²) in [5.74, 6) is -0.390. The van der Waals surface area contributed by atoms with Crippen molar-refractivity contribution in [3.05, 3.63) is 71.3 Å². The van der Waals surface area contributed by atoms with Crippen molar-refractivity contribution in [3.8, 4) is 0 Å². The Kier molecular flexibility index (Phi) is 6.61. The summed E-state index contributed by atoms with van der Waals surface area (Å²) in [6.45, 7) is 0.855. The molecule has 0 aromatic heterocycles. The van der Waals surface area contributed by atoms with Gasteiger partial charge < -0.3 is 21.7 Å². The topological polar surface area (TPSA) is 125 Å². The number of benzene rings is 2. The number of likely N-dealkylation sites (tertiary alicyclic amines) is 1. The van der Waals surface area contributed by atoms with Gasteiger partial charge in [0.05, 0.1) is 6.04 Å². The van der Waals surface area contributed by atoms with Gasteiger partial charge in [0.2, 0.25) is 11.8 Å². The smallest absolute Gasteiger partial charge is 0.243 e. The summed E-state index contributed by atoms with van der Waals surface area (Å²) in [5.41, 5.74) is 14.1. The minimum absolute atomic E-state index is 0.0156. The molecule has 29 heavy (non-hydrogen) atoms. The first-order valence-corrected chi connectivity index (χ1v) is 9.76. The molecule has 2 aromatic rings. The second-order valence-corrected chi connectivity index (χ2v) is 7.32. The molecule has 2 amide bonds. The van der Waals surface area contributed by atoms with Crippen LogP contribution in [0.1, 0.15) is 29.5 Å². The van der Waals surface area contributed by atoms with E-state index in [0.29, 0.717) is 31.5 Å². The molecule has 3 rings (SSSR count). The number of hydrogen-bond acceptors (Lipinski definition) is 4. The predicted octanol–water partition coefficient (Wildman–Crippen LogP) is 1.15. The van der Waals surface area contributed by atoms with E-state index in [4.69, 9.17) is 16.9 Å². The van der Waals surface area contributed by atoms with Gasteiger partial charge in [0, 0.05) is 18.7 Å². The van der Waals surface area contributed by atoms with Crippen LogP contribution in [0.2, 0.25) is 0 Å². The lowest BCUT2D eigenvalue weighted by atomic mass is 10.1. The van der Waals surface area contributed by atoms with E-state index in [0.717, 1.165) is 17.5 Å². The van der Waals surface area contributed by atoms with Gasteiger partial charge in [0.1, 0.15) is 11.9 Å². The van der Waals surface area contributed by atoms with Crippen LogP contribution >= 0.6 is 0 Å². The second kappa shape index (κ2) is 9.34. The van der Waals surface area contributed by atoms with Gasteiger partial charge in [-0.2, -0.15) is 0 Å². The zero-order chi connectivity index (χ0) is 20.8. The maximum atomic E-state index is 12.8. The molecule has 2 atom stereocenters. The molecule has 2 aromatic carbocycles. The van der Waals surface area contributed by atoms with Gasteiger partial charge in [0.15, 0.2) is 0 Å². The quantitative estimate of drug-likeness (QED) is 0.416. The number of nitrogens with two attached hydrogens (primary N) is 2. The summed E-state index contributed by atoms with van der Waals surface area (Å²) in [7, 11) is 0. The molecular formula is C22H27N5O2. The summed E-state index contributed by atoms with van der Waals surface area (Å²) in [6, 6.07) is 15.6. The largest absolute Gasteiger partial charge is 0.384 e. The van der Waals surface area contributed by atoms with E-state index >= 15 is 0 Å². The minimum atomic E-state index is -0.668. The van der Waals surface area contributed by atoms with E-state index in [-0.39, 0.29) is 17.6 Å². The summed E-state index contributed by atoms with van der Waals surface area (Å²) < 4.78 is 0. The van der Waals surface area contributed by atoms with E-state index in [2.05, 4.69) is 5.32 Å². The minimum Gasteiger partial charge on any atom is -0.384 e. The van der Waals surface area contributed by atoms with Crippen molar-refractivity contribution in [3.63, 3.8) is 0 Å². The average Bonchev–Trinajstić information content (AvgIpc) is 3.22. The molecule has 7 heteroatoms. The van der Waals surface area contributed by atoms with Crippen molar-refractivity contribution in [2.75, 3.05) is 6.54 Å². The van der Waals surface area contributed by atoms with Gasteiger partial charge in [-0.1, -0.05) is 48.5 Å². The lowest BCUT2D eigenvalue weighted by Gasteiger charge is -2.26. The fourth-order valence-corrected chi connectivity index (χ4v) is 3.63. The molecular weight excluding hydrogens is 366 g/mol. The van der Waals surface area contributed by atoms with Gasteiger partial charge >= 0.3 is 0 Å². The molecule has 1 fully saturated rings. The van der Waals surface area contributed by atoms with Crippen LogP contribution in [-0.4, -0.2) is 41.2 Å². The van der Waals surface area contributed by atoms with E-state index < -0.39 is 12.1 Å². The molecule has 1 aliphatic heterocycles. The summed E-state index contributed by atoms with van der Waals surface area (Å²) in [5, 5.41) is 10.4. The molecule has 1 aliphatic rings. The Hall–Kier alpha value is -3.19. The van der Waals surface area contributed by atoms with Gasteiger partial charge in [-0.05, 0) is 36.5 Å². The fraction of sp³-hybridized carbons (Fsp3) is 0.318. The lowest BCUT2D eigenvalue weighted by molar-refractivity contribution is -0.139. The van der Waals surface area contributed by atoms with E-state index in [1.165, 1.54) is 0 Å². The maximum absolute atomic E-state index is 12.8. The highest BCUT2D eigenvalue weighted by molar-refractivity contribution is 5.95. The summed E-state index contributed by atoms with van der Waals surface area (Å²) >= 11 is 0. The number of hydrogen-bond donors (Lipinski definition) is 4. The Balaban J connectivity index is 1.59. The molecule has 152 valence electrons. The fourth-order valence-electron chi connectivity index (χ4n) is 3.63. The molecule has 7 nitrogen and oxygen atoms in total. The monoisotopic (exact) mass is 393 g/mol. The number of nitrogen functional groups attached to an aromatic ring is 1. The van der Waals surface area contributed by atoms with Gasteiger partial charge in [-0.3, -0.25) is 15.0 Å². The first-order valence-electron chi connectivity index (χ1n) is 9.76. The number of amidine groups is 1. The van der Waals surface area contributed by atoms with Crippen molar-refractivity contribution in [2.45, 2.75) is 37.9 Å². The number of rotatable bonds is 7. The Labute approximate surface area is 170 Å². The zero-order valence-electron chi connectivity index (χ0n) is 16.3. The lowest BCUT2D eigenvalue weighted by Crippen LogP contribution is -2.51. The van der Waals surface area contributed by atoms with Crippen LogP contribution < -0.4 is 16.8 Å². The second-order valence-electron chi connectivity index (χ2n) is 7.32. The molecule has 1 heterocycles. The molecule has 0 saturated carbocycles. The van der Waals surface area contributed by atoms with Crippen LogP contribution in [0.3, 0.4) is 0 Å². The van der Waals surface area contributed by atoms with Crippen molar-refractivity contribution >= 4 is 17.6 Å². The van der Waals surface area contributed by atoms with Crippen molar-refractivity contribution in [1.82, 2.24) is 10.2 Å². The Morgan fingerprint density at radius 1 is 1.14 bits per heavy atom. The Morgan fingerprint density at radius 3 is 2.59 bits per heavy atom. The number of nitrogens with zero attached hydrogens (tertiary/aromatic N) is 1. The van der Waals surface area contributed by atoms with Gasteiger partial charge in [-0.25, -0.2) is 0 Å². The van der Waals surface area contributed by atoms with Crippen molar-refractivity contribution in [2.24, 2.45) is 11.5 Å². The Morgan fingerprint density at radius 2 is 1.86 bits per heavy atom. The average molecular weight is 393 g/mol. The first kappa shape index (κ1) is 20.5. The normalized spacial score (nSPS) is 17.0. The van der Waals surface area contributed by atoms with E-state index in [1.807, 2.05) is 36.4 Å². The van der Waals surface area contributed by atoms with Gasteiger partial charge in [-0.15, -0.1) is 0 Å². The standard InChI is InChI=1S/C22H27N5O2/c23-18(13-15-6-2-1-3-7-15)22(29)27-11-5-10-19(27)21(28)26-14-16-8-4-9-17(12-16)20(24)25/h1-4,6-9,12,18-19H,5,10-11,13-14,23H2,(H3,24,25)(H,26,28)/t18-,19+/m1/s1. The molecule has 0 aliphatic carbocycles. The van der Waals surface area contributed by atoms with Crippen LogP contribution in [0.15, 0.2) is 54.6 Å². The van der Waals surface area contributed by atoms with E-state index in [1.54, 1.807) is 23.1 Å². The maximum Gasteiger partial charge on any atom is 0.243 e. The molecule has 0 radical (unpaired) electrons. The van der Waals surface area contributed by atoms with Crippen LogP contribution in [0, 0.1) is 5.41 Å².